The van der Waals surface area contributed by atoms with Crippen LogP contribution in [0.4, 0.5) is 0 Å². The van der Waals surface area contributed by atoms with Gasteiger partial charge in [0.05, 0.1) is 0 Å². The number of benzene rings is 2. The fourth-order valence-corrected chi connectivity index (χ4v) is 4.41. The summed E-state index contributed by atoms with van der Waals surface area (Å²) in [7, 11) is 0. The van der Waals surface area contributed by atoms with Crippen LogP contribution in [0.5, 0.6) is 11.5 Å². The molecule has 2 aliphatic rings. The van der Waals surface area contributed by atoms with Gasteiger partial charge >= 0.3 is 0 Å². The van der Waals surface area contributed by atoms with Gasteiger partial charge in [-0.2, -0.15) is 0 Å². The Hall–Kier alpha value is -1.85. The van der Waals surface area contributed by atoms with Crippen LogP contribution in [-0.4, -0.2) is 35.8 Å². The number of carbonyl (C=O) groups excluding carboxylic acids is 1. The molecule has 124 valence electrons. The summed E-state index contributed by atoms with van der Waals surface area (Å²) in [6, 6.07) is 15.1. The normalized spacial score (nSPS) is 22.5. The zero-order valence-corrected chi connectivity index (χ0v) is 14.4. The van der Waals surface area contributed by atoms with Gasteiger partial charge in [-0.1, -0.05) is 35.9 Å². The number of para-hydroxylation sites is 2. The third-order valence-corrected chi connectivity index (χ3v) is 5.59. The van der Waals surface area contributed by atoms with Gasteiger partial charge in [-0.25, -0.2) is 0 Å². The molecule has 2 aromatic rings. The number of halogens is 1. The maximum absolute atomic E-state index is 13.0. The van der Waals surface area contributed by atoms with Crippen molar-refractivity contribution in [2.75, 3.05) is 18.9 Å². The Morgan fingerprint density at radius 1 is 1.17 bits per heavy atom. The van der Waals surface area contributed by atoms with E-state index in [1.165, 1.54) is 0 Å². The molecule has 0 spiro atoms. The van der Waals surface area contributed by atoms with Crippen molar-refractivity contribution in [3.8, 4) is 11.5 Å². The largest absolute Gasteiger partial charge is 0.485 e. The SMILES string of the molecule is O=C(C1COc2ccccc2O1)N1CCSC1c1cccc(Cl)c1. The molecule has 1 fully saturated rings. The molecular weight excluding hydrogens is 346 g/mol. The van der Waals surface area contributed by atoms with Gasteiger partial charge in [-0.15, -0.1) is 11.8 Å². The minimum atomic E-state index is -0.611. The van der Waals surface area contributed by atoms with Crippen LogP contribution in [-0.2, 0) is 4.79 Å². The number of nitrogens with zero attached hydrogens (tertiary/aromatic N) is 1. The van der Waals surface area contributed by atoms with Crippen LogP contribution in [0.1, 0.15) is 10.9 Å². The summed E-state index contributed by atoms with van der Waals surface area (Å²) in [5, 5.41) is 0.649. The average Bonchev–Trinajstić information content (AvgIpc) is 3.10. The molecule has 1 amide bonds. The molecule has 4 nitrogen and oxygen atoms in total. The van der Waals surface area contributed by atoms with Gasteiger partial charge in [0.25, 0.3) is 5.91 Å². The first-order chi connectivity index (χ1) is 11.7. The molecule has 0 aromatic heterocycles. The maximum Gasteiger partial charge on any atom is 0.268 e. The van der Waals surface area contributed by atoms with Crippen LogP contribution in [0.2, 0.25) is 5.02 Å². The lowest BCUT2D eigenvalue weighted by Crippen LogP contribution is -2.46. The number of thioether (sulfide) groups is 1. The molecule has 4 rings (SSSR count). The number of fused-ring (bicyclic) bond motifs is 1. The summed E-state index contributed by atoms with van der Waals surface area (Å²) >= 11 is 7.84. The minimum absolute atomic E-state index is 0.0306. The highest BCUT2D eigenvalue weighted by Crippen LogP contribution is 2.40. The third kappa shape index (κ3) is 2.94. The fraction of sp³-hybridized carbons (Fsp3) is 0.278. The molecular formula is C18H16ClNO3S. The van der Waals surface area contributed by atoms with E-state index in [1.54, 1.807) is 11.8 Å². The molecule has 24 heavy (non-hydrogen) atoms. The molecule has 2 aliphatic heterocycles. The molecule has 0 radical (unpaired) electrons. The van der Waals surface area contributed by atoms with Crippen molar-refractivity contribution < 1.29 is 14.3 Å². The van der Waals surface area contributed by atoms with Crippen molar-refractivity contribution in [3.63, 3.8) is 0 Å². The molecule has 0 bridgehead atoms. The summed E-state index contributed by atoms with van der Waals surface area (Å²) in [5.74, 6) is 2.16. The number of ether oxygens (including phenoxy) is 2. The lowest BCUT2D eigenvalue weighted by Gasteiger charge is -2.31. The predicted octanol–water partition coefficient (Wildman–Crippen LogP) is 3.75. The molecule has 2 aromatic carbocycles. The van der Waals surface area contributed by atoms with Crippen molar-refractivity contribution in [3.05, 3.63) is 59.1 Å². The molecule has 2 atom stereocenters. The van der Waals surface area contributed by atoms with Crippen LogP contribution >= 0.6 is 23.4 Å². The van der Waals surface area contributed by atoms with Crippen molar-refractivity contribution in [2.24, 2.45) is 0 Å². The first-order valence-corrected chi connectivity index (χ1v) is 9.21. The minimum Gasteiger partial charge on any atom is -0.485 e. The van der Waals surface area contributed by atoms with Gasteiger partial charge in [-0.05, 0) is 29.8 Å². The van der Waals surface area contributed by atoms with Gasteiger partial charge in [0.2, 0.25) is 6.10 Å². The van der Waals surface area contributed by atoms with E-state index in [9.17, 15) is 4.79 Å². The van der Waals surface area contributed by atoms with Crippen LogP contribution in [0.25, 0.3) is 0 Å². The smallest absolute Gasteiger partial charge is 0.268 e. The van der Waals surface area contributed by atoms with E-state index in [0.29, 0.717) is 23.1 Å². The summed E-state index contributed by atoms with van der Waals surface area (Å²) in [6.07, 6.45) is -0.611. The van der Waals surface area contributed by atoms with Crippen molar-refractivity contribution in [1.82, 2.24) is 4.90 Å². The van der Waals surface area contributed by atoms with Crippen molar-refractivity contribution in [1.29, 1.82) is 0 Å². The zero-order chi connectivity index (χ0) is 16.5. The highest BCUT2D eigenvalue weighted by Gasteiger charge is 2.37. The lowest BCUT2D eigenvalue weighted by atomic mass is 10.2. The van der Waals surface area contributed by atoms with Crippen LogP contribution in [0.3, 0.4) is 0 Å². The first-order valence-electron chi connectivity index (χ1n) is 7.78. The van der Waals surface area contributed by atoms with E-state index >= 15 is 0 Å². The van der Waals surface area contributed by atoms with E-state index in [4.69, 9.17) is 21.1 Å². The second-order valence-electron chi connectivity index (χ2n) is 5.67. The highest BCUT2D eigenvalue weighted by atomic mass is 35.5. The Bertz CT molecular complexity index is 769. The summed E-state index contributed by atoms with van der Waals surface area (Å²) < 4.78 is 11.5. The summed E-state index contributed by atoms with van der Waals surface area (Å²) in [4.78, 5) is 14.8. The second-order valence-corrected chi connectivity index (χ2v) is 7.30. The topological polar surface area (TPSA) is 38.8 Å². The van der Waals surface area contributed by atoms with Gasteiger partial charge < -0.3 is 14.4 Å². The van der Waals surface area contributed by atoms with Crippen molar-refractivity contribution >= 4 is 29.3 Å². The number of carbonyl (C=O) groups is 1. The lowest BCUT2D eigenvalue weighted by molar-refractivity contribution is -0.141. The Morgan fingerprint density at radius 2 is 2.00 bits per heavy atom. The van der Waals surface area contributed by atoms with Gasteiger partial charge in [0, 0.05) is 17.3 Å². The van der Waals surface area contributed by atoms with E-state index in [0.717, 1.165) is 11.3 Å². The van der Waals surface area contributed by atoms with E-state index in [-0.39, 0.29) is 17.9 Å². The molecule has 0 N–H and O–H groups in total. The average molecular weight is 362 g/mol. The first kappa shape index (κ1) is 15.7. The zero-order valence-electron chi connectivity index (χ0n) is 12.9. The molecule has 6 heteroatoms. The number of hydrogen-bond donors (Lipinski definition) is 0. The molecule has 2 heterocycles. The molecule has 0 aliphatic carbocycles. The molecule has 0 saturated carbocycles. The molecule has 1 saturated heterocycles. The fourth-order valence-electron chi connectivity index (χ4n) is 2.96. The van der Waals surface area contributed by atoms with Gasteiger partial charge in [0.1, 0.15) is 12.0 Å². The monoisotopic (exact) mass is 361 g/mol. The molecule has 2 unspecified atom stereocenters. The second kappa shape index (κ2) is 6.57. The quantitative estimate of drug-likeness (QED) is 0.816. The van der Waals surface area contributed by atoms with E-state index in [1.807, 2.05) is 53.4 Å². The van der Waals surface area contributed by atoms with Gasteiger partial charge in [-0.3, -0.25) is 4.79 Å². The van der Waals surface area contributed by atoms with Gasteiger partial charge in [0.15, 0.2) is 11.5 Å². The standard InChI is InChI=1S/C18H16ClNO3S/c19-13-5-3-4-12(10-13)18-20(8-9-24-18)17(21)16-11-22-14-6-1-2-7-15(14)23-16/h1-7,10,16,18H,8-9,11H2. The van der Waals surface area contributed by atoms with E-state index in [2.05, 4.69) is 0 Å². The summed E-state index contributed by atoms with van der Waals surface area (Å²) in [6.45, 7) is 0.932. The highest BCUT2D eigenvalue weighted by molar-refractivity contribution is 7.99. The Labute approximate surface area is 149 Å². The predicted molar refractivity (Wildman–Crippen MR) is 94.7 cm³/mol. The van der Waals surface area contributed by atoms with E-state index < -0.39 is 6.10 Å². The van der Waals surface area contributed by atoms with Crippen LogP contribution in [0, 0.1) is 0 Å². The maximum atomic E-state index is 13.0. The number of amides is 1. The van der Waals surface area contributed by atoms with Crippen molar-refractivity contribution in [2.45, 2.75) is 11.5 Å². The Balaban J connectivity index is 1.54. The third-order valence-electron chi connectivity index (χ3n) is 4.09. The Morgan fingerprint density at radius 3 is 2.83 bits per heavy atom. The summed E-state index contributed by atoms with van der Waals surface area (Å²) in [5.41, 5.74) is 1.04. The number of rotatable bonds is 2. The van der Waals surface area contributed by atoms with Crippen LogP contribution in [0.15, 0.2) is 48.5 Å². The Kier molecular flexibility index (Phi) is 4.29. The number of hydrogen-bond acceptors (Lipinski definition) is 4. The van der Waals surface area contributed by atoms with Crippen LogP contribution < -0.4 is 9.47 Å².